The molecule has 23 heteroatoms. The summed E-state index contributed by atoms with van der Waals surface area (Å²) < 4.78 is 54.3. The third-order valence-electron chi connectivity index (χ3n) is 4.91. The summed E-state index contributed by atoms with van der Waals surface area (Å²) >= 11 is 17.5. The van der Waals surface area contributed by atoms with Gasteiger partial charge in [-0.25, -0.2) is 23.7 Å². The van der Waals surface area contributed by atoms with E-state index in [1.54, 1.807) is 0 Å². The molecule has 0 aliphatic carbocycles. The molecule has 0 radical (unpaired) electrons. The zero-order valence-electron chi connectivity index (χ0n) is 18.1. The highest BCUT2D eigenvalue weighted by Gasteiger charge is 2.58. The molecule has 2 aromatic rings. The van der Waals surface area contributed by atoms with E-state index in [1.165, 1.54) is 10.9 Å². The molecule has 3 heterocycles. The van der Waals surface area contributed by atoms with Crippen LogP contribution in [0.2, 0.25) is 0 Å². The lowest BCUT2D eigenvalue weighted by Crippen LogP contribution is -2.41. The number of aromatic amines is 1. The maximum atomic E-state index is 12.3. The Labute approximate surface area is 222 Å². The molecule has 206 valence electrons. The van der Waals surface area contributed by atoms with Crippen molar-refractivity contribution < 1.29 is 56.3 Å². The number of aliphatic hydroxyl groups excluding tert-OH is 1. The van der Waals surface area contributed by atoms with E-state index in [9.17, 15) is 28.6 Å². The number of hydrogen-bond acceptors (Lipinski definition) is 12. The number of phosphoric acid groups is 3. The molecule has 1 fully saturated rings. The molecule has 1 aliphatic heterocycles. The van der Waals surface area contributed by atoms with Crippen molar-refractivity contribution in [1.29, 1.82) is 0 Å². The Morgan fingerprint density at radius 2 is 1.97 bits per heavy atom. The molecule has 1 aliphatic rings. The minimum atomic E-state index is -5.77. The number of aliphatic hydroxyl groups is 1. The number of aromatic nitrogens is 4. The van der Waals surface area contributed by atoms with Crippen LogP contribution in [-0.2, 0) is 31.6 Å². The fraction of sp³-hybridized carbons (Fsp3) is 0.500. The standard InChI is InChI=1S/C14H18Cl2N5O12P3S/c1-6(31-35(26,27)33-36(28,29)32-34(23,24)25)9-7(4-22)14(16,2-3-15)12(30-9)21-5-18-8-10(21)19-13(17)20-11(8)37/h5-7,9,12,22H,4H2,1H3,(H,26,27)(H,28,29)(H2,23,24,25)(H3,17,19,20,37)/t6-,7?,9+,12+,14?/m0/s1. The molecule has 37 heavy (non-hydrogen) atoms. The number of phosphoric ester groups is 1. The molecule has 0 spiro atoms. The number of alkyl halides is 1. The molecular weight excluding hydrogens is 626 g/mol. The second-order valence-electron chi connectivity index (χ2n) is 7.41. The van der Waals surface area contributed by atoms with Gasteiger partial charge >= 0.3 is 23.5 Å². The highest BCUT2D eigenvalue weighted by molar-refractivity contribution is 7.71. The number of H-pyrrole nitrogens is 1. The van der Waals surface area contributed by atoms with Crippen LogP contribution in [0.25, 0.3) is 11.2 Å². The molecular formula is C14H18Cl2N5O12P3S. The average Bonchev–Trinajstić information content (AvgIpc) is 3.23. The molecule has 17 nitrogen and oxygen atoms in total. The van der Waals surface area contributed by atoms with Crippen LogP contribution in [0.15, 0.2) is 6.33 Å². The number of anilines is 1. The molecule has 0 amide bonds. The van der Waals surface area contributed by atoms with Crippen LogP contribution in [0.1, 0.15) is 13.2 Å². The summed E-state index contributed by atoms with van der Waals surface area (Å²) in [7, 11) is -16.9. The molecule has 7 atom stereocenters. The highest BCUT2D eigenvalue weighted by atomic mass is 35.5. The Morgan fingerprint density at radius 3 is 2.54 bits per heavy atom. The number of rotatable bonds is 9. The average molecular weight is 644 g/mol. The van der Waals surface area contributed by atoms with Gasteiger partial charge in [0.05, 0.1) is 25.1 Å². The summed E-state index contributed by atoms with van der Waals surface area (Å²) in [6, 6.07) is 0. The van der Waals surface area contributed by atoms with Crippen molar-refractivity contribution in [2.75, 3.05) is 12.3 Å². The van der Waals surface area contributed by atoms with Gasteiger partial charge < -0.3 is 40.1 Å². The number of nitrogens with zero attached hydrogens (tertiary/aromatic N) is 3. The zero-order valence-corrected chi connectivity index (χ0v) is 23.1. The number of nitrogen functional groups attached to an aromatic ring is 1. The molecule has 1 saturated heterocycles. The summed E-state index contributed by atoms with van der Waals surface area (Å²) in [5.41, 5.74) is 6.13. The van der Waals surface area contributed by atoms with Crippen LogP contribution >= 0.6 is 58.9 Å². The van der Waals surface area contributed by atoms with Gasteiger partial charge in [-0.3, -0.25) is 9.09 Å². The minimum Gasteiger partial charge on any atom is -0.396 e. The first-order valence-electron chi connectivity index (χ1n) is 9.55. The first kappa shape index (κ1) is 30.6. The predicted molar refractivity (Wildman–Crippen MR) is 128 cm³/mol. The van der Waals surface area contributed by atoms with Crippen LogP contribution < -0.4 is 5.73 Å². The van der Waals surface area contributed by atoms with E-state index in [4.69, 9.17) is 60.2 Å². The van der Waals surface area contributed by atoms with Crippen LogP contribution in [0.4, 0.5) is 5.95 Å². The Bertz CT molecular complexity index is 1460. The van der Waals surface area contributed by atoms with E-state index in [-0.39, 0.29) is 21.8 Å². The van der Waals surface area contributed by atoms with Gasteiger partial charge in [0.2, 0.25) is 0 Å². The van der Waals surface area contributed by atoms with E-state index in [1.807, 2.05) is 0 Å². The smallest absolute Gasteiger partial charge is 0.396 e. The summed E-state index contributed by atoms with van der Waals surface area (Å²) in [5, 5.41) is 12.2. The Hall–Kier alpha value is -0.960. The van der Waals surface area contributed by atoms with Gasteiger partial charge in [-0.15, -0.1) is 0 Å². The quantitative estimate of drug-likeness (QED) is 0.0882. The van der Waals surface area contributed by atoms with Crippen LogP contribution in [0.5, 0.6) is 0 Å². The Kier molecular flexibility index (Phi) is 9.01. The van der Waals surface area contributed by atoms with E-state index in [2.05, 4.69) is 34.9 Å². The summed E-state index contributed by atoms with van der Waals surface area (Å²) in [5.74, 6) is 1.26. The highest BCUT2D eigenvalue weighted by Crippen LogP contribution is 2.67. The van der Waals surface area contributed by atoms with Crippen molar-refractivity contribution in [3.05, 3.63) is 11.0 Å². The summed E-state index contributed by atoms with van der Waals surface area (Å²) in [6.07, 6.45) is -2.97. The lowest BCUT2D eigenvalue weighted by Gasteiger charge is -2.28. The third kappa shape index (κ3) is 6.79. The van der Waals surface area contributed by atoms with Crippen LogP contribution in [0.3, 0.4) is 0 Å². The van der Waals surface area contributed by atoms with E-state index in [0.29, 0.717) is 0 Å². The largest absolute Gasteiger partial charge is 0.490 e. The van der Waals surface area contributed by atoms with E-state index in [0.717, 1.165) is 6.92 Å². The molecule has 4 unspecified atom stereocenters. The first-order valence-corrected chi connectivity index (χ1v) is 15.2. The topological polar surface area (TPSA) is 262 Å². The zero-order chi connectivity index (χ0) is 28.0. The Morgan fingerprint density at radius 1 is 1.32 bits per heavy atom. The normalized spacial score (nSPS) is 28.3. The number of hydrogen-bond donors (Lipinski definition) is 7. The van der Waals surface area contributed by atoms with Crippen molar-refractivity contribution in [3.8, 4) is 11.3 Å². The maximum absolute atomic E-state index is 12.3. The van der Waals surface area contributed by atoms with E-state index >= 15 is 0 Å². The molecule has 0 bridgehead atoms. The molecule has 2 aromatic heterocycles. The number of nitrogens with one attached hydrogen (secondary N) is 1. The lowest BCUT2D eigenvalue weighted by molar-refractivity contribution is -0.0641. The van der Waals surface area contributed by atoms with Crippen molar-refractivity contribution in [2.24, 2.45) is 5.92 Å². The van der Waals surface area contributed by atoms with Gasteiger partial charge in [0, 0.05) is 11.3 Å². The second-order valence-corrected chi connectivity index (χ2v) is 13.0. The number of imidazole rings is 1. The van der Waals surface area contributed by atoms with Crippen molar-refractivity contribution in [3.63, 3.8) is 0 Å². The monoisotopic (exact) mass is 643 g/mol. The van der Waals surface area contributed by atoms with Crippen LogP contribution in [-0.4, -0.2) is 67.9 Å². The van der Waals surface area contributed by atoms with Crippen molar-refractivity contribution >= 4 is 76.0 Å². The van der Waals surface area contributed by atoms with Crippen LogP contribution in [0, 0.1) is 21.9 Å². The fourth-order valence-corrected chi connectivity index (χ4v) is 7.68. The van der Waals surface area contributed by atoms with Crippen molar-refractivity contribution in [2.45, 2.75) is 30.2 Å². The molecule has 3 rings (SSSR count). The Balaban J connectivity index is 1.97. The summed E-state index contributed by atoms with van der Waals surface area (Å²) in [6.45, 7) is 0.424. The lowest BCUT2D eigenvalue weighted by atomic mass is 9.87. The van der Waals surface area contributed by atoms with Gasteiger partial charge in [-0.05, 0) is 18.5 Å². The number of fused-ring (bicyclic) bond motifs is 1. The second kappa shape index (κ2) is 10.9. The maximum Gasteiger partial charge on any atom is 0.490 e. The van der Waals surface area contributed by atoms with E-state index < -0.39 is 59.3 Å². The van der Waals surface area contributed by atoms with Gasteiger partial charge in [0.1, 0.15) is 11.2 Å². The first-order chi connectivity index (χ1) is 16.9. The fourth-order valence-electron chi connectivity index (χ4n) is 3.63. The van der Waals surface area contributed by atoms with Gasteiger partial charge in [0.25, 0.3) is 0 Å². The molecule has 8 N–H and O–H groups in total. The molecule has 0 saturated carbocycles. The van der Waals surface area contributed by atoms with Gasteiger partial charge in [-0.2, -0.15) is 8.62 Å². The summed E-state index contributed by atoms with van der Waals surface area (Å²) in [4.78, 5) is 45.5. The number of halogens is 2. The predicted octanol–water partition coefficient (Wildman–Crippen LogP) is 1.49. The number of ether oxygens (including phenoxy) is 1. The molecule has 0 aromatic carbocycles. The van der Waals surface area contributed by atoms with Crippen molar-refractivity contribution in [1.82, 2.24) is 19.5 Å². The third-order valence-corrected chi connectivity index (χ3v) is 9.78. The van der Waals surface area contributed by atoms with Gasteiger partial charge in [-0.1, -0.05) is 29.7 Å². The number of nitrogens with two attached hydrogens (primary N) is 1. The minimum absolute atomic E-state index is 0.0443. The van der Waals surface area contributed by atoms with Gasteiger partial charge in [0.15, 0.2) is 21.7 Å². The SMILES string of the molecule is C[C@H](OP(=O)(O)OP(=O)(O)OP(=O)(O)O)[C@H]1O[C@@H](n2cnc3c(=S)nc(N)[nH]c32)C(Cl)(C#CCl)C1CO.